The van der Waals surface area contributed by atoms with Gasteiger partial charge in [0.15, 0.2) is 0 Å². The Kier molecular flexibility index (Phi) is 5.00. The van der Waals surface area contributed by atoms with Gasteiger partial charge in [-0.2, -0.15) is 0 Å². The maximum Gasteiger partial charge on any atom is 0.326 e. The van der Waals surface area contributed by atoms with Crippen molar-refractivity contribution >= 4 is 17.8 Å². The molecular formula is C22H28N2O5. The lowest BCUT2D eigenvalue weighted by atomic mass is 9.76. The molecule has 7 heteroatoms. The quantitative estimate of drug-likeness (QED) is 0.838. The Morgan fingerprint density at radius 3 is 2.41 bits per heavy atom. The Morgan fingerprint density at radius 1 is 1.17 bits per heavy atom. The van der Waals surface area contributed by atoms with Crippen LogP contribution in [-0.2, 0) is 9.59 Å². The SMILES string of the molecule is COc1ccc(C(=O)N2CCC3(CC2)CC(C(=O)O)N(C(=O)C2CC2)C3)c(C)c1. The van der Waals surface area contributed by atoms with Gasteiger partial charge in [-0.15, -0.1) is 0 Å². The molecule has 1 aromatic carbocycles. The topological polar surface area (TPSA) is 87.2 Å². The molecule has 2 aliphatic heterocycles. The Balaban J connectivity index is 1.44. The minimum absolute atomic E-state index is 0.00121. The van der Waals surface area contributed by atoms with Gasteiger partial charge in [-0.3, -0.25) is 9.59 Å². The summed E-state index contributed by atoms with van der Waals surface area (Å²) in [5, 5.41) is 9.64. The van der Waals surface area contributed by atoms with Crippen LogP contribution in [0.5, 0.6) is 5.75 Å². The highest BCUT2D eigenvalue weighted by Crippen LogP contribution is 2.45. The molecule has 1 spiro atoms. The van der Waals surface area contributed by atoms with E-state index in [1.165, 1.54) is 0 Å². The summed E-state index contributed by atoms with van der Waals surface area (Å²) >= 11 is 0. The number of amides is 2. The van der Waals surface area contributed by atoms with Gasteiger partial charge in [0.1, 0.15) is 11.8 Å². The summed E-state index contributed by atoms with van der Waals surface area (Å²) in [5.41, 5.74) is 1.35. The van der Waals surface area contributed by atoms with Crippen LogP contribution in [0.2, 0.25) is 0 Å². The predicted octanol–water partition coefficient (Wildman–Crippen LogP) is 2.32. The molecule has 2 amide bonds. The molecular weight excluding hydrogens is 372 g/mol. The van der Waals surface area contributed by atoms with E-state index in [1.54, 1.807) is 24.1 Å². The molecule has 3 aliphatic rings. The monoisotopic (exact) mass is 400 g/mol. The minimum Gasteiger partial charge on any atom is -0.497 e. The van der Waals surface area contributed by atoms with Crippen molar-refractivity contribution in [1.82, 2.24) is 9.80 Å². The lowest BCUT2D eigenvalue weighted by Crippen LogP contribution is -2.45. The molecule has 1 aliphatic carbocycles. The molecule has 2 heterocycles. The Morgan fingerprint density at radius 2 is 1.86 bits per heavy atom. The van der Waals surface area contributed by atoms with Crippen LogP contribution in [0.25, 0.3) is 0 Å². The summed E-state index contributed by atoms with van der Waals surface area (Å²) in [6, 6.07) is 4.72. The van der Waals surface area contributed by atoms with Crippen molar-refractivity contribution in [3.05, 3.63) is 29.3 Å². The van der Waals surface area contributed by atoms with Gasteiger partial charge in [-0.05, 0) is 68.2 Å². The fourth-order valence-corrected chi connectivity index (χ4v) is 4.79. The standard InChI is InChI=1S/C22H28N2O5/c1-14-11-16(29-2)5-6-17(14)20(26)23-9-7-22(8-10-23)12-18(21(27)28)24(13-22)19(25)15-3-4-15/h5-6,11,15,18H,3-4,7-10,12-13H2,1-2H3,(H,27,28). The number of aliphatic carboxylic acids is 1. The lowest BCUT2D eigenvalue weighted by molar-refractivity contribution is -0.148. The number of nitrogens with zero attached hydrogens (tertiary/aromatic N) is 2. The fourth-order valence-electron chi connectivity index (χ4n) is 4.79. The number of carbonyl (C=O) groups excluding carboxylic acids is 2. The zero-order valence-corrected chi connectivity index (χ0v) is 17.0. The van der Waals surface area contributed by atoms with Crippen molar-refractivity contribution in [3.8, 4) is 5.75 Å². The van der Waals surface area contributed by atoms with Crippen molar-refractivity contribution in [1.29, 1.82) is 0 Å². The minimum atomic E-state index is -0.914. The molecule has 0 radical (unpaired) electrons. The van der Waals surface area contributed by atoms with Gasteiger partial charge in [0.25, 0.3) is 5.91 Å². The molecule has 1 N–H and O–H groups in total. The summed E-state index contributed by atoms with van der Waals surface area (Å²) in [5.74, 6) is -0.168. The van der Waals surface area contributed by atoms with Crippen LogP contribution in [0.1, 0.15) is 48.0 Å². The van der Waals surface area contributed by atoms with Gasteiger partial charge in [0.2, 0.25) is 5.91 Å². The molecule has 1 unspecified atom stereocenters. The van der Waals surface area contributed by atoms with E-state index in [1.807, 2.05) is 17.9 Å². The maximum atomic E-state index is 13.0. The Labute approximate surface area is 170 Å². The number of hydrogen-bond acceptors (Lipinski definition) is 4. The van der Waals surface area contributed by atoms with Gasteiger partial charge in [0.05, 0.1) is 7.11 Å². The normalized spacial score (nSPS) is 23.3. The van der Waals surface area contributed by atoms with E-state index in [-0.39, 0.29) is 23.1 Å². The summed E-state index contributed by atoms with van der Waals surface area (Å²) in [4.78, 5) is 40.8. The molecule has 3 fully saturated rings. The molecule has 1 aromatic rings. The second kappa shape index (κ2) is 7.35. The molecule has 29 heavy (non-hydrogen) atoms. The number of rotatable bonds is 4. The largest absolute Gasteiger partial charge is 0.497 e. The Bertz CT molecular complexity index is 840. The van der Waals surface area contributed by atoms with Crippen LogP contribution in [0.3, 0.4) is 0 Å². The second-order valence-corrected chi connectivity index (χ2v) is 8.77. The van der Waals surface area contributed by atoms with E-state index in [0.29, 0.717) is 31.6 Å². The predicted molar refractivity (Wildman–Crippen MR) is 106 cm³/mol. The highest BCUT2D eigenvalue weighted by Gasteiger charge is 2.52. The van der Waals surface area contributed by atoms with Gasteiger partial charge in [0, 0.05) is 31.1 Å². The smallest absolute Gasteiger partial charge is 0.326 e. The zero-order chi connectivity index (χ0) is 20.8. The van der Waals surface area contributed by atoms with Gasteiger partial charge < -0.3 is 19.6 Å². The first-order valence-corrected chi connectivity index (χ1v) is 10.3. The number of likely N-dealkylation sites (tertiary alicyclic amines) is 2. The van der Waals surface area contributed by atoms with E-state index < -0.39 is 12.0 Å². The first-order valence-electron chi connectivity index (χ1n) is 10.3. The molecule has 1 saturated carbocycles. The molecule has 1 atom stereocenters. The summed E-state index contributed by atoms with van der Waals surface area (Å²) < 4.78 is 5.21. The first kappa shape index (κ1) is 19.7. The fraction of sp³-hybridized carbons (Fsp3) is 0.591. The van der Waals surface area contributed by atoms with Crippen LogP contribution < -0.4 is 4.74 Å². The molecule has 156 valence electrons. The number of hydrogen-bond donors (Lipinski definition) is 1. The maximum absolute atomic E-state index is 13.0. The molecule has 4 rings (SSSR count). The van der Waals surface area contributed by atoms with Crippen molar-refractivity contribution < 1.29 is 24.2 Å². The number of benzene rings is 1. The van der Waals surface area contributed by atoms with Crippen LogP contribution >= 0.6 is 0 Å². The molecule has 2 saturated heterocycles. The molecule has 0 aromatic heterocycles. The number of ether oxygens (including phenoxy) is 1. The summed E-state index contributed by atoms with van der Waals surface area (Å²) in [6.45, 7) is 3.57. The molecule has 0 bridgehead atoms. The second-order valence-electron chi connectivity index (χ2n) is 8.77. The first-order chi connectivity index (χ1) is 13.8. The lowest BCUT2D eigenvalue weighted by Gasteiger charge is -2.39. The number of carboxylic acids is 1. The van der Waals surface area contributed by atoms with E-state index in [9.17, 15) is 19.5 Å². The highest BCUT2D eigenvalue weighted by molar-refractivity contribution is 5.96. The van der Waals surface area contributed by atoms with E-state index >= 15 is 0 Å². The Hall–Kier alpha value is -2.57. The van der Waals surface area contributed by atoms with Crippen LogP contribution in [0.15, 0.2) is 18.2 Å². The summed E-state index contributed by atoms with van der Waals surface area (Å²) in [7, 11) is 1.60. The van der Waals surface area contributed by atoms with Gasteiger partial charge in [-0.25, -0.2) is 4.79 Å². The van der Waals surface area contributed by atoms with Crippen molar-refractivity contribution in [2.24, 2.45) is 11.3 Å². The third kappa shape index (κ3) is 3.70. The van der Waals surface area contributed by atoms with Gasteiger partial charge >= 0.3 is 5.97 Å². The van der Waals surface area contributed by atoms with E-state index in [0.717, 1.165) is 37.0 Å². The molecule has 7 nitrogen and oxygen atoms in total. The number of methoxy groups -OCH3 is 1. The average Bonchev–Trinajstić information content (AvgIpc) is 3.49. The third-order valence-electron chi connectivity index (χ3n) is 6.78. The number of carbonyl (C=O) groups is 3. The van der Waals surface area contributed by atoms with Crippen molar-refractivity contribution in [3.63, 3.8) is 0 Å². The average molecular weight is 400 g/mol. The van der Waals surface area contributed by atoms with E-state index in [2.05, 4.69) is 0 Å². The van der Waals surface area contributed by atoms with E-state index in [4.69, 9.17) is 4.74 Å². The number of carboxylic acid groups (broad SMARTS) is 1. The number of piperidine rings is 1. The number of aryl methyl sites for hydroxylation is 1. The third-order valence-corrected chi connectivity index (χ3v) is 6.78. The van der Waals surface area contributed by atoms with Crippen LogP contribution in [-0.4, -0.2) is 65.5 Å². The van der Waals surface area contributed by atoms with Crippen molar-refractivity contribution in [2.45, 2.75) is 45.1 Å². The summed E-state index contributed by atoms with van der Waals surface area (Å²) in [6.07, 6.45) is 3.69. The van der Waals surface area contributed by atoms with Crippen LogP contribution in [0.4, 0.5) is 0 Å². The van der Waals surface area contributed by atoms with Crippen molar-refractivity contribution in [2.75, 3.05) is 26.7 Å². The van der Waals surface area contributed by atoms with Crippen LogP contribution in [0, 0.1) is 18.3 Å². The highest BCUT2D eigenvalue weighted by atomic mass is 16.5. The van der Waals surface area contributed by atoms with Gasteiger partial charge in [-0.1, -0.05) is 0 Å². The zero-order valence-electron chi connectivity index (χ0n) is 17.0.